The molecule has 0 fully saturated rings. The molecule has 0 saturated carbocycles. The summed E-state index contributed by atoms with van der Waals surface area (Å²) < 4.78 is 0. The van der Waals surface area contributed by atoms with Crippen molar-refractivity contribution < 1.29 is 0 Å². The first-order chi connectivity index (χ1) is 5.65. The third kappa shape index (κ3) is 1.78. The summed E-state index contributed by atoms with van der Waals surface area (Å²) in [5.74, 6) is 0. The molecule has 2 heteroatoms. The van der Waals surface area contributed by atoms with Gasteiger partial charge in [-0.1, -0.05) is 23.2 Å². The number of halogens is 1. The highest BCUT2D eigenvalue weighted by Crippen LogP contribution is 2.26. The van der Waals surface area contributed by atoms with Gasteiger partial charge in [-0.25, -0.2) is 6.57 Å². The predicted octanol–water partition coefficient (Wildman–Crippen LogP) is 3.63. The van der Waals surface area contributed by atoms with Gasteiger partial charge >= 0.3 is 0 Å². The van der Waals surface area contributed by atoms with Gasteiger partial charge in [-0.05, 0) is 19.1 Å². The number of hydrogen-bond acceptors (Lipinski definition) is 0. The molecule has 0 amide bonds. The Morgan fingerprint density at radius 2 is 2.17 bits per heavy atom. The summed E-state index contributed by atoms with van der Waals surface area (Å²) in [6.45, 7) is 10.7. The molecular weight excluding hydrogens is 170 g/mol. The van der Waals surface area contributed by atoms with Gasteiger partial charge in [-0.3, -0.25) is 0 Å². The topological polar surface area (TPSA) is 4.36 Å². The second-order valence-corrected chi connectivity index (χ2v) is 3.24. The van der Waals surface area contributed by atoms with Gasteiger partial charge in [0.05, 0.1) is 10.6 Å². The van der Waals surface area contributed by atoms with Crippen LogP contribution < -0.4 is 0 Å². The van der Waals surface area contributed by atoms with E-state index in [2.05, 4.69) is 4.85 Å². The number of hydrogen-bond donors (Lipinski definition) is 0. The Morgan fingerprint density at radius 3 is 2.75 bits per heavy atom. The first kappa shape index (κ1) is 9.09. The van der Waals surface area contributed by atoms with Gasteiger partial charge in [0.25, 0.3) is 0 Å². The van der Waals surface area contributed by atoms with E-state index in [-0.39, 0.29) is 6.04 Å². The molecule has 12 heavy (non-hydrogen) atoms. The molecule has 0 aromatic heterocycles. The van der Waals surface area contributed by atoms with Crippen molar-refractivity contribution in [3.8, 4) is 0 Å². The number of rotatable bonds is 1. The average Bonchev–Trinajstić information content (AvgIpc) is 2.08. The molecule has 1 rings (SSSR count). The highest BCUT2D eigenvalue weighted by Gasteiger charge is 2.12. The second kappa shape index (κ2) is 3.60. The van der Waals surface area contributed by atoms with Crippen LogP contribution >= 0.6 is 11.6 Å². The van der Waals surface area contributed by atoms with Gasteiger partial charge in [-0.15, -0.1) is 0 Å². The van der Waals surface area contributed by atoms with Crippen molar-refractivity contribution in [1.82, 2.24) is 0 Å². The molecule has 0 bridgehead atoms. The van der Waals surface area contributed by atoms with Crippen LogP contribution in [0.15, 0.2) is 18.2 Å². The minimum atomic E-state index is -0.141. The first-order valence-corrected chi connectivity index (χ1v) is 4.15. The largest absolute Gasteiger partial charge is 0.309 e. The lowest BCUT2D eigenvalue weighted by atomic mass is 10.1. The van der Waals surface area contributed by atoms with Crippen LogP contribution in [0.4, 0.5) is 0 Å². The summed E-state index contributed by atoms with van der Waals surface area (Å²) >= 11 is 5.93. The van der Waals surface area contributed by atoms with Crippen LogP contribution in [0.2, 0.25) is 5.02 Å². The van der Waals surface area contributed by atoms with Crippen LogP contribution in [0.5, 0.6) is 0 Å². The fraction of sp³-hybridized carbons (Fsp3) is 0.300. The van der Waals surface area contributed by atoms with E-state index in [9.17, 15) is 0 Å². The summed E-state index contributed by atoms with van der Waals surface area (Å²) in [5.41, 5.74) is 2.07. The molecule has 0 heterocycles. The van der Waals surface area contributed by atoms with E-state index in [1.54, 1.807) is 0 Å². The van der Waals surface area contributed by atoms with Gasteiger partial charge in [-0.2, -0.15) is 0 Å². The third-order valence-electron chi connectivity index (χ3n) is 1.80. The fourth-order valence-corrected chi connectivity index (χ4v) is 1.33. The summed E-state index contributed by atoms with van der Waals surface area (Å²) in [7, 11) is 0. The van der Waals surface area contributed by atoms with Crippen LogP contribution in [-0.2, 0) is 0 Å². The van der Waals surface area contributed by atoms with Gasteiger partial charge in [0.2, 0.25) is 6.04 Å². The molecule has 62 valence electrons. The standard InChI is InChI=1S/C10H10ClN/c1-7-4-5-10(11)9(6-7)8(2)12-3/h4-6,8H,1-2H3. The van der Waals surface area contributed by atoms with Crippen molar-refractivity contribution in [3.05, 3.63) is 45.8 Å². The Morgan fingerprint density at radius 1 is 1.50 bits per heavy atom. The molecule has 1 atom stereocenters. The van der Waals surface area contributed by atoms with Crippen molar-refractivity contribution in [2.24, 2.45) is 0 Å². The lowest BCUT2D eigenvalue weighted by Gasteiger charge is -2.03. The molecule has 0 spiro atoms. The Hall–Kier alpha value is -1.00. The van der Waals surface area contributed by atoms with Crippen LogP contribution in [-0.4, -0.2) is 0 Å². The lowest BCUT2D eigenvalue weighted by molar-refractivity contribution is 0.959. The van der Waals surface area contributed by atoms with Crippen molar-refractivity contribution in [2.75, 3.05) is 0 Å². The minimum Gasteiger partial charge on any atom is -0.309 e. The zero-order chi connectivity index (χ0) is 9.14. The van der Waals surface area contributed by atoms with Gasteiger partial charge in [0, 0.05) is 6.92 Å². The molecular formula is C10H10ClN. The van der Waals surface area contributed by atoms with E-state index in [0.717, 1.165) is 11.1 Å². The average molecular weight is 180 g/mol. The van der Waals surface area contributed by atoms with Gasteiger partial charge in [0.15, 0.2) is 0 Å². The van der Waals surface area contributed by atoms with Crippen molar-refractivity contribution in [3.63, 3.8) is 0 Å². The smallest absolute Gasteiger partial charge is 0.247 e. The molecule has 0 aliphatic heterocycles. The zero-order valence-electron chi connectivity index (χ0n) is 7.13. The predicted molar refractivity (Wildman–Crippen MR) is 51.2 cm³/mol. The minimum absolute atomic E-state index is 0.141. The van der Waals surface area contributed by atoms with Crippen LogP contribution in [0, 0.1) is 13.5 Å². The Kier molecular flexibility index (Phi) is 2.73. The molecule has 1 aromatic carbocycles. The Balaban J connectivity index is 3.15. The number of nitrogens with zero attached hydrogens (tertiary/aromatic N) is 1. The van der Waals surface area contributed by atoms with E-state index in [1.165, 1.54) is 0 Å². The molecule has 0 aliphatic carbocycles. The van der Waals surface area contributed by atoms with Crippen molar-refractivity contribution in [1.29, 1.82) is 0 Å². The summed E-state index contributed by atoms with van der Waals surface area (Å²) in [6, 6.07) is 5.61. The zero-order valence-corrected chi connectivity index (χ0v) is 7.89. The molecule has 1 aromatic rings. The molecule has 1 nitrogen and oxygen atoms in total. The molecule has 0 N–H and O–H groups in total. The van der Waals surface area contributed by atoms with E-state index in [1.807, 2.05) is 32.0 Å². The summed E-state index contributed by atoms with van der Waals surface area (Å²) in [5, 5.41) is 0.684. The first-order valence-electron chi connectivity index (χ1n) is 3.77. The third-order valence-corrected chi connectivity index (χ3v) is 2.14. The molecule has 0 saturated heterocycles. The number of benzene rings is 1. The second-order valence-electron chi connectivity index (χ2n) is 2.83. The van der Waals surface area contributed by atoms with Crippen molar-refractivity contribution in [2.45, 2.75) is 19.9 Å². The summed E-state index contributed by atoms with van der Waals surface area (Å²) in [6.07, 6.45) is 0. The van der Waals surface area contributed by atoms with E-state index in [4.69, 9.17) is 18.2 Å². The summed E-state index contributed by atoms with van der Waals surface area (Å²) in [4.78, 5) is 3.43. The van der Waals surface area contributed by atoms with E-state index < -0.39 is 0 Å². The van der Waals surface area contributed by atoms with Crippen LogP contribution in [0.1, 0.15) is 24.1 Å². The van der Waals surface area contributed by atoms with E-state index >= 15 is 0 Å². The van der Waals surface area contributed by atoms with Crippen molar-refractivity contribution >= 4 is 11.6 Å². The van der Waals surface area contributed by atoms with Gasteiger partial charge in [0.1, 0.15) is 0 Å². The maximum Gasteiger partial charge on any atom is 0.247 e. The molecule has 0 aliphatic rings. The molecule has 1 unspecified atom stereocenters. The normalized spacial score (nSPS) is 12.2. The lowest BCUT2D eigenvalue weighted by Crippen LogP contribution is -1.89. The fourth-order valence-electron chi connectivity index (χ4n) is 1.05. The Bertz CT molecular complexity index is 325. The highest BCUT2D eigenvalue weighted by atomic mass is 35.5. The monoisotopic (exact) mass is 179 g/mol. The SMILES string of the molecule is [C-]#[N+]C(C)c1cc(C)ccc1Cl. The highest BCUT2D eigenvalue weighted by molar-refractivity contribution is 6.31. The quantitative estimate of drug-likeness (QED) is 0.580. The van der Waals surface area contributed by atoms with E-state index in [0.29, 0.717) is 5.02 Å². The maximum absolute atomic E-state index is 6.88. The molecule has 0 radical (unpaired) electrons. The Labute approximate surface area is 77.8 Å². The van der Waals surface area contributed by atoms with Crippen LogP contribution in [0.25, 0.3) is 4.85 Å². The van der Waals surface area contributed by atoms with Gasteiger partial charge < -0.3 is 4.85 Å². The number of aryl methyl sites for hydroxylation is 1. The van der Waals surface area contributed by atoms with Crippen LogP contribution in [0.3, 0.4) is 0 Å². The maximum atomic E-state index is 6.88.